The van der Waals surface area contributed by atoms with E-state index in [1.54, 1.807) is 28.9 Å². The van der Waals surface area contributed by atoms with Crippen molar-refractivity contribution in [2.24, 2.45) is 0 Å². The molecule has 3 aromatic rings. The van der Waals surface area contributed by atoms with Crippen molar-refractivity contribution in [3.8, 4) is 5.69 Å². The Morgan fingerprint density at radius 3 is 2.47 bits per heavy atom. The molecule has 34 heavy (non-hydrogen) atoms. The topological polar surface area (TPSA) is 84.3 Å². The number of hydrogen-bond acceptors (Lipinski definition) is 4. The maximum Gasteiger partial charge on any atom is 0.276 e. The van der Waals surface area contributed by atoms with Crippen molar-refractivity contribution >= 4 is 21.6 Å². The molecule has 0 bridgehead atoms. The monoisotopic (exact) mass is 482 g/mol. The van der Waals surface area contributed by atoms with Crippen LogP contribution in [0.4, 0.5) is 10.1 Å². The first-order valence-electron chi connectivity index (χ1n) is 11.6. The first-order chi connectivity index (χ1) is 16.3. The molecule has 5 rings (SSSR count). The summed E-state index contributed by atoms with van der Waals surface area (Å²) < 4.78 is 42.8. The van der Waals surface area contributed by atoms with Crippen LogP contribution in [0.1, 0.15) is 53.0 Å². The summed E-state index contributed by atoms with van der Waals surface area (Å²) >= 11 is 0. The van der Waals surface area contributed by atoms with E-state index >= 15 is 0 Å². The number of piperidine rings is 1. The molecule has 1 aliphatic carbocycles. The molecule has 0 atom stereocenters. The predicted octanol–water partition coefficient (Wildman–Crippen LogP) is 4.24. The molecular weight excluding hydrogens is 455 g/mol. The van der Waals surface area contributed by atoms with E-state index in [0.717, 1.165) is 55.3 Å². The van der Waals surface area contributed by atoms with Gasteiger partial charge in [0.1, 0.15) is 5.82 Å². The Morgan fingerprint density at radius 1 is 1.00 bits per heavy atom. The van der Waals surface area contributed by atoms with Crippen molar-refractivity contribution < 1.29 is 17.6 Å². The quantitative estimate of drug-likeness (QED) is 0.590. The molecule has 0 radical (unpaired) electrons. The molecule has 9 heteroatoms. The summed E-state index contributed by atoms with van der Waals surface area (Å²) in [4.78, 5) is 13.5. The summed E-state index contributed by atoms with van der Waals surface area (Å²) in [6.07, 6.45) is 5.19. The lowest BCUT2D eigenvalue weighted by molar-refractivity contribution is 0.102. The number of benzene rings is 2. The average molecular weight is 483 g/mol. The Balaban J connectivity index is 1.45. The lowest BCUT2D eigenvalue weighted by atomic mass is 10.1. The molecule has 1 aliphatic heterocycles. The van der Waals surface area contributed by atoms with Crippen LogP contribution >= 0.6 is 0 Å². The fourth-order valence-electron chi connectivity index (χ4n) is 4.75. The van der Waals surface area contributed by atoms with E-state index in [4.69, 9.17) is 0 Å². The van der Waals surface area contributed by atoms with Gasteiger partial charge in [-0.3, -0.25) is 4.79 Å². The number of rotatable bonds is 5. The largest absolute Gasteiger partial charge is 0.320 e. The molecule has 2 heterocycles. The first-order valence-corrected chi connectivity index (χ1v) is 13.1. The highest BCUT2D eigenvalue weighted by atomic mass is 32.2. The zero-order chi connectivity index (χ0) is 23.9. The van der Waals surface area contributed by atoms with Crippen LogP contribution in [0.25, 0.3) is 5.69 Å². The molecule has 0 unspecified atom stereocenters. The van der Waals surface area contributed by atoms with Gasteiger partial charge in [0.15, 0.2) is 5.69 Å². The van der Waals surface area contributed by atoms with Crippen LogP contribution in [-0.4, -0.2) is 41.5 Å². The second-order valence-corrected chi connectivity index (χ2v) is 10.8. The van der Waals surface area contributed by atoms with Crippen molar-refractivity contribution in [1.82, 2.24) is 14.1 Å². The van der Waals surface area contributed by atoms with Crippen molar-refractivity contribution in [2.45, 2.75) is 50.3 Å². The highest BCUT2D eigenvalue weighted by Gasteiger charge is 2.29. The number of halogens is 1. The van der Waals surface area contributed by atoms with E-state index in [-0.39, 0.29) is 16.6 Å². The molecule has 0 spiro atoms. The van der Waals surface area contributed by atoms with Crippen LogP contribution in [0.5, 0.6) is 0 Å². The summed E-state index contributed by atoms with van der Waals surface area (Å²) in [5.41, 5.74) is 4.07. The summed E-state index contributed by atoms with van der Waals surface area (Å²) in [5.74, 6) is -0.713. The minimum absolute atomic E-state index is 0.178. The molecule has 0 saturated carbocycles. The van der Waals surface area contributed by atoms with Gasteiger partial charge in [-0.25, -0.2) is 17.5 Å². The Kier molecular flexibility index (Phi) is 5.99. The van der Waals surface area contributed by atoms with Crippen LogP contribution in [0.3, 0.4) is 0 Å². The van der Waals surface area contributed by atoms with Gasteiger partial charge >= 0.3 is 0 Å². The van der Waals surface area contributed by atoms with Gasteiger partial charge in [-0.15, -0.1) is 0 Å². The maximum atomic E-state index is 13.4. The fraction of sp³-hybridized carbons (Fsp3) is 0.360. The van der Waals surface area contributed by atoms with E-state index in [0.29, 0.717) is 30.2 Å². The number of anilines is 1. The molecule has 1 fully saturated rings. The third kappa shape index (κ3) is 4.14. The number of nitrogens with one attached hydrogen (secondary N) is 1. The van der Waals surface area contributed by atoms with Crippen molar-refractivity contribution in [3.63, 3.8) is 0 Å². The van der Waals surface area contributed by atoms with Gasteiger partial charge in [-0.05, 0) is 81.0 Å². The zero-order valence-corrected chi connectivity index (χ0v) is 19.9. The van der Waals surface area contributed by atoms with Gasteiger partial charge in [-0.2, -0.15) is 9.40 Å². The predicted molar refractivity (Wildman–Crippen MR) is 127 cm³/mol. The third-order valence-electron chi connectivity index (χ3n) is 6.63. The second kappa shape index (κ2) is 8.96. The number of fused-ring (bicyclic) bond motifs is 1. The highest BCUT2D eigenvalue weighted by molar-refractivity contribution is 7.89. The van der Waals surface area contributed by atoms with Crippen molar-refractivity contribution in [2.75, 3.05) is 18.4 Å². The van der Waals surface area contributed by atoms with Crippen molar-refractivity contribution in [1.29, 1.82) is 0 Å². The number of carbonyl (C=O) groups excluding carboxylic acids is 1. The SMILES string of the molecule is Cc1ccc(S(=O)(=O)N2CCCCC2)cc1NC(=O)c1nn(-c2ccc(F)cc2)c2c1CCC2. The number of carbonyl (C=O) groups is 1. The van der Waals surface area contributed by atoms with E-state index < -0.39 is 10.0 Å². The Bertz CT molecular complexity index is 1340. The van der Waals surface area contributed by atoms with Gasteiger partial charge in [0.25, 0.3) is 5.91 Å². The van der Waals surface area contributed by atoms with E-state index in [2.05, 4.69) is 10.4 Å². The number of hydrogen-bond donors (Lipinski definition) is 1. The molecule has 1 saturated heterocycles. The second-order valence-electron chi connectivity index (χ2n) is 8.91. The van der Waals surface area contributed by atoms with Gasteiger partial charge in [0.2, 0.25) is 10.0 Å². The van der Waals surface area contributed by atoms with Gasteiger partial charge < -0.3 is 5.32 Å². The maximum absolute atomic E-state index is 13.4. The summed E-state index contributed by atoms with van der Waals surface area (Å²) in [6.45, 7) is 2.87. The Morgan fingerprint density at radius 2 is 1.74 bits per heavy atom. The number of aryl methyl sites for hydroxylation is 1. The van der Waals surface area contributed by atoms with Gasteiger partial charge in [-0.1, -0.05) is 12.5 Å². The Labute approximate surface area is 198 Å². The average Bonchev–Trinajstić information content (AvgIpc) is 3.45. The van der Waals surface area contributed by atoms with E-state index in [9.17, 15) is 17.6 Å². The van der Waals surface area contributed by atoms with Crippen molar-refractivity contribution in [3.05, 3.63) is 70.8 Å². The van der Waals surface area contributed by atoms with Gasteiger partial charge in [0.05, 0.1) is 10.6 Å². The summed E-state index contributed by atoms with van der Waals surface area (Å²) in [5, 5.41) is 7.45. The minimum atomic E-state index is -3.62. The van der Waals surface area contributed by atoms with Gasteiger partial charge in [0, 0.05) is 30.0 Å². The molecule has 1 aromatic heterocycles. The lowest BCUT2D eigenvalue weighted by Gasteiger charge is -2.26. The van der Waals surface area contributed by atoms with Crippen LogP contribution in [0, 0.1) is 12.7 Å². The summed E-state index contributed by atoms with van der Waals surface area (Å²) in [6, 6.07) is 10.9. The standard InChI is InChI=1S/C25H27FN4O3S/c1-17-8-13-20(34(32,33)29-14-3-2-4-15-29)16-22(17)27-25(31)24-21-6-5-7-23(21)30(28-24)19-11-9-18(26)10-12-19/h8-13,16H,2-7,14-15H2,1H3,(H,27,31). The third-order valence-corrected chi connectivity index (χ3v) is 8.52. The Hall–Kier alpha value is -3.04. The normalized spacial score (nSPS) is 16.4. The number of nitrogens with zero attached hydrogens (tertiary/aromatic N) is 3. The molecule has 2 aliphatic rings. The van der Waals surface area contributed by atoms with E-state index in [1.165, 1.54) is 22.5 Å². The molecule has 7 nitrogen and oxygen atoms in total. The molecular formula is C25H27FN4O3S. The van der Waals surface area contributed by atoms with Crippen LogP contribution in [0.15, 0.2) is 47.4 Å². The van der Waals surface area contributed by atoms with Crippen LogP contribution < -0.4 is 5.32 Å². The smallest absolute Gasteiger partial charge is 0.276 e. The highest BCUT2D eigenvalue weighted by Crippen LogP contribution is 2.30. The lowest BCUT2D eigenvalue weighted by Crippen LogP contribution is -2.35. The molecule has 178 valence electrons. The van der Waals surface area contributed by atoms with Crippen LogP contribution in [-0.2, 0) is 22.9 Å². The molecule has 1 N–H and O–H groups in total. The molecule has 2 aromatic carbocycles. The summed E-state index contributed by atoms with van der Waals surface area (Å²) in [7, 11) is -3.62. The number of sulfonamides is 1. The minimum Gasteiger partial charge on any atom is -0.320 e. The fourth-order valence-corrected chi connectivity index (χ4v) is 6.29. The van der Waals surface area contributed by atoms with Crippen LogP contribution in [0.2, 0.25) is 0 Å². The number of amides is 1. The first kappa shape index (κ1) is 22.7. The molecule has 1 amide bonds. The van der Waals surface area contributed by atoms with E-state index in [1.807, 2.05) is 6.92 Å². The zero-order valence-electron chi connectivity index (χ0n) is 19.1. The number of aromatic nitrogens is 2.